The minimum atomic E-state index is -0.189. The van der Waals surface area contributed by atoms with Crippen LogP contribution in [0, 0.1) is 19.7 Å². The van der Waals surface area contributed by atoms with Crippen LogP contribution in [0.15, 0.2) is 53.8 Å². The van der Waals surface area contributed by atoms with Gasteiger partial charge in [0.2, 0.25) is 5.95 Å². The molecule has 0 unspecified atom stereocenters. The number of aromatic nitrogens is 2. The molecule has 2 N–H and O–H groups in total. The van der Waals surface area contributed by atoms with Gasteiger partial charge in [0.25, 0.3) is 0 Å². The zero-order valence-electron chi connectivity index (χ0n) is 13.0. The Morgan fingerprint density at radius 3 is 2.39 bits per heavy atom. The maximum absolute atomic E-state index is 13.3. The molecule has 2 aromatic carbocycles. The average molecular weight is 308 g/mol. The molecular weight excluding hydrogens is 291 g/mol. The number of nitrogen functional groups attached to an aromatic ring is 1. The van der Waals surface area contributed by atoms with E-state index in [-0.39, 0.29) is 5.82 Å². The van der Waals surface area contributed by atoms with Gasteiger partial charge in [0, 0.05) is 0 Å². The second-order valence-electron chi connectivity index (χ2n) is 5.42. The van der Waals surface area contributed by atoms with Crippen LogP contribution in [0.3, 0.4) is 0 Å². The van der Waals surface area contributed by atoms with E-state index < -0.39 is 0 Å². The monoisotopic (exact) mass is 308 g/mol. The van der Waals surface area contributed by atoms with Crippen molar-refractivity contribution in [2.45, 2.75) is 13.8 Å². The molecule has 5 heteroatoms. The SMILES string of the molecule is Cc1cn(N=Cc2ccc(-c3ccc(F)c(C)c3)cc2)c(N)n1. The molecule has 0 aliphatic carbocycles. The topological polar surface area (TPSA) is 56.2 Å². The molecule has 116 valence electrons. The fourth-order valence-corrected chi connectivity index (χ4v) is 2.31. The number of hydrogen-bond donors (Lipinski definition) is 1. The molecule has 23 heavy (non-hydrogen) atoms. The molecular formula is C18H17FN4. The number of nitrogens with two attached hydrogens (primary N) is 1. The number of aryl methyl sites for hydroxylation is 2. The Labute approximate surface area is 134 Å². The second-order valence-corrected chi connectivity index (χ2v) is 5.42. The molecule has 0 radical (unpaired) electrons. The first-order valence-corrected chi connectivity index (χ1v) is 7.25. The minimum absolute atomic E-state index is 0.189. The summed E-state index contributed by atoms with van der Waals surface area (Å²) in [7, 11) is 0. The van der Waals surface area contributed by atoms with E-state index in [0.717, 1.165) is 22.4 Å². The molecule has 0 bridgehead atoms. The van der Waals surface area contributed by atoms with Crippen LogP contribution >= 0.6 is 0 Å². The van der Waals surface area contributed by atoms with Gasteiger partial charge in [-0.1, -0.05) is 30.3 Å². The molecule has 0 aliphatic heterocycles. The summed E-state index contributed by atoms with van der Waals surface area (Å²) in [5, 5.41) is 4.28. The van der Waals surface area contributed by atoms with Crippen molar-refractivity contribution in [2.75, 3.05) is 5.73 Å². The highest BCUT2D eigenvalue weighted by Gasteiger charge is 2.02. The summed E-state index contributed by atoms with van der Waals surface area (Å²) < 4.78 is 14.9. The normalized spacial score (nSPS) is 11.3. The van der Waals surface area contributed by atoms with E-state index in [2.05, 4.69) is 10.1 Å². The highest BCUT2D eigenvalue weighted by atomic mass is 19.1. The second kappa shape index (κ2) is 6.04. The van der Waals surface area contributed by atoms with E-state index in [1.807, 2.05) is 37.3 Å². The number of nitrogens with zero attached hydrogens (tertiary/aromatic N) is 3. The van der Waals surface area contributed by atoms with Crippen molar-refractivity contribution in [3.63, 3.8) is 0 Å². The fraction of sp³-hybridized carbons (Fsp3) is 0.111. The van der Waals surface area contributed by atoms with E-state index in [1.165, 1.54) is 10.7 Å². The quantitative estimate of drug-likeness (QED) is 0.749. The summed E-state index contributed by atoms with van der Waals surface area (Å²) in [5.41, 5.74) is 10.2. The van der Waals surface area contributed by atoms with Crippen LogP contribution in [0.5, 0.6) is 0 Å². The molecule has 0 atom stereocenters. The van der Waals surface area contributed by atoms with E-state index in [1.54, 1.807) is 25.4 Å². The molecule has 0 saturated heterocycles. The van der Waals surface area contributed by atoms with Crippen molar-refractivity contribution in [1.29, 1.82) is 0 Å². The fourth-order valence-electron chi connectivity index (χ4n) is 2.31. The third-order valence-electron chi connectivity index (χ3n) is 3.57. The molecule has 0 fully saturated rings. The Morgan fingerprint density at radius 2 is 1.78 bits per heavy atom. The molecule has 1 aromatic heterocycles. The van der Waals surface area contributed by atoms with Crippen molar-refractivity contribution in [2.24, 2.45) is 5.10 Å². The lowest BCUT2D eigenvalue weighted by Gasteiger charge is -2.04. The number of anilines is 1. The van der Waals surface area contributed by atoms with Crippen molar-refractivity contribution >= 4 is 12.2 Å². The Bertz CT molecular complexity index is 863. The van der Waals surface area contributed by atoms with Crippen LogP contribution in [-0.4, -0.2) is 15.9 Å². The Balaban J connectivity index is 1.81. The summed E-state index contributed by atoms with van der Waals surface area (Å²) in [4.78, 5) is 4.09. The van der Waals surface area contributed by atoms with E-state index in [9.17, 15) is 4.39 Å². The summed E-state index contributed by atoms with van der Waals surface area (Å²) in [5.74, 6) is 0.169. The Kier molecular flexibility index (Phi) is 3.93. The van der Waals surface area contributed by atoms with Gasteiger partial charge in [-0.15, -0.1) is 0 Å². The Morgan fingerprint density at radius 1 is 1.09 bits per heavy atom. The van der Waals surface area contributed by atoms with Crippen molar-refractivity contribution < 1.29 is 4.39 Å². The first kappa shape index (κ1) is 15.0. The van der Waals surface area contributed by atoms with Gasteiger partial charge in [0.1, 0.15) is 5.82 Å². The number of hydrogen-bond acceptors (Lipinski definition) is 3. The molecule has 0 amide bonds. The maximum atomic E-state index is 13.3. The highest BCUT2D eigenvalue weighted by molar-refractivity contribution is 5.81. The van der Waals surface area contributed by atoms with Crippen molar-refractivity contribution in [1.82, 2.24) is 9.66 Å². The highest BCUT2D eigenvalue weighted by Crippen LogP contribution is 2.22. The molecule has 0 spiro atoms. The summed E-state index contributed by atoms with van der Waals surface area (Å²) >= 11 is 0. The van der Waals surface area contributed by atoms with E-state index in [0.29, 0.717) is 11.5 Å². The number of halogens is 1. The largest absolute Gasteiger partial charge is 0.368 e. The van der Waals surface area contributed by atoms with Crippen LogP contribution in [0.25, 0.3) is 11.1 Å². The molecule has 0 aliphatic rings. The zero-order chi connectivity index (χ0) is 16.4. The predicted octanol–water partition coefficient (Wildman–Crippen LogP) is 3.77. The van der Waals surface area contributed by atoms with Gasteiger partial charge in [-0.25, -0.2) is 14.1 Å². The first-order chi connectivity index (χ1) is 11.0. The third-order valence-corrected chi connectivity index (χ3v) is 3.57. The summed E-state index contributed by atoms with van der Waals surface area (Å²) in [6.45, 7) is 3.62. The molecule has 4 nitrogen and oxygen atoms in total. The first-order valence-electron chi connectivity index (χ1n) is 7.25. The lowest BCUT2D eigenvalue weighted by molar-refractivity contribution is 0.619. The van der Waals surface area contributed by atoms with Gasteiger partial charge < -0.3 is 5.73 Å². The van der Waals surface area contributed by atoms with Crippen molar-refractivity contribution in [3.05, 3.63) is 71.3 Å². The zero-order valence-corrected chi connectivity index (χ0v) is 13.0. The molecule has 3 aromatic rings. The average Bonchev–Trinajstić information content (AvgIpc) is 2.86. The van der Waals surface area contributed by atoms with Crippen LogP contribution < -0.4 is 5.73 Å². The van der Waals surface area contributed by atoms with Crippen LogP contribution in [0.2, 0.25) is 0 Å². The van der Waals surface area contributed by atoms with Gasteiger partial charge in [-0.2, -0.15) is 5.10 Å². The number of benzene rings is 2. The van der Waals surface area contributed by atoms with Crippen LogP contribution in [-0.2, 0) is 0 Å². The summed E-state index contributed by atoms with van der Waals surface area (Å²) in [6.07, 6.45) is 3.48. The lowest BCUT2D eigenvalue weighted by atomic mass is 10.0. The van der Waals surface area contributed by atoms with Gasteiger partial charge >= 0.3 is 0 Å². The molecule has 1 heterocycles. The standard InChI is InChI=1S/C18H17FN4/c1-12-9-16(7-8-17(12)19)15-5-3-14(4-6-15)10-21-23-11-13(2)22-18(23)20/h3-11H,1-2H3,(H2,20,22). The van der Waals surface area contributed by atoms with Gasteiger partial charge in [0.05, 0.1) is 18.1 Å². The van der Waals surface area contributed by atoms with Crippen LogP contribution in [0.4, 0.5) is 10.3 Å². The van der Waals surface area contributed by atoms with Crippen LogP contribution in [0.1, 0.15) is 16.8 Å². The van der Waals surface area contributed by atoms with Gasteiger partial charge in [-0.3, -0.25) is 0 Å². The number of imidazole rings is 1. The maximum Gasteiger partial charge on any atom is 0.221 e. The summed E-state index contributed by atoms with van der Waals surface area (Å²) in [6, 6.07) is 13.0. The lowest BCUT2D eigenvalue weighted by Crippen LogP contribution is -1.96. The Hall–Kier alpha value is -2.95. The van der Waals surface area contributed by atoms with Gasteiger partial charge in [-0.05, 0) is 48.2 Å². The van der Waals surface area contributed by atoms with Gasteiger partial charge in [0.15, 0.2) is 0 Å². The predicted molar refractivity (Wildman–Crippen MR) is 90.9 cm³/mol. The van der Waals surface area contributed by atoms with E-state index >= 15 is 0 Å². The minimum Gasteiger partial charge on any atom is -0.368 e. The third kappa shape index (κ3) is 3.29. The van der Waals surface area contributed by atoms with Crippen molar-refractivity contribution in [3.8, 4) is 11.1 Å². The molecule has 0 saturated carbocycles. The number of rotatable bonds is 3. The molecule has 3 rings (SSSR count). The smallest absolute Gasteiger partial charge is 0.221 e. The van der Waals surface area contributed by atoms with E-state index in [4.69, 9.17) is 5.73 Å².